The van der Waals surface area contributed by atoms with Gasteiger partial charge in [-0.25, -0.2) is 4.39 Å². The van der Waals surface area contributed by atoms with Crippen LogP contribution in [0.5, 0.6) is 0 Å². The molecule has 0 saturated heterocycles. The molecule has 5 rings (SSSR count). The summed E-state index contributed by atoms with van der Waals surface area (Å²) in [6, 6.07) is 17.9. The summed E-state index contributed by atoms with van der Waals surface area (Å²) in [5.41, 5.74) is 2.41. The van der Waals surface area contributed by atoms with E-state index in [0.717, 1.165) is 26.9 Å². The van der Waals surface area contributed by atoms with Crippen molar-refractivity contribution >= 4 is 33.4 Å². The largest absolute Gasteiger partial charge is 0.350 e. The zero-order valence-corrected chi connectivity index (χ0v) is 19.3. The monoisotopic (exact) mass is 461 g/mol. The van der Waals surface area contributed by atoms with E-state index >= 15 is 0 Å². The maximum atomic E-state index is 13.7. The second kappa shape index (κ2) is 8.15. The second-order valence-electron chi connectivity index (χ2n) is 8.76. The fraction of sp³-hybridized carbons (Fsp3) is 0.231. The number of hydrogen-bond acceptors (Lipinski definition) is 3. The quantitative estimate of drug-likeness (QED) is 0.461. The predicted molar refractivity (Wildman–Crippen MR) is 128 cm³/mol. The summed E-state index contributed by atoms with van der Waals surface area (Å²) in [6.45, 7) is 4.79. The van der Waals surface area contributed by atoms with Gasteiger partial charge in [0.2, 0.25) is 5.91 Å². The molecular weight excluding hydrogens is 437 g/mol. The molecule has 33 heavy (non-hydrogen) atoms. The Balaban J connectivity index is 1.49. The lowest BCUT2D eigenvalue weighted by molar-refractivity contribution is -0.133. The van der Waals surface area contributed by atoms with Crippen molar-refractivity contribution in [2.45, 2.75) is 39.0 Å². The fourth-order valence-electron chi connectivity index (χ4n) is 4.36. The van der Waals surface area contributed by atoms with E-state index in [2.05, 4.69) is 5.32 Å². The van der Waals surface area contributed by atoms with Gasteiger partial charge in [-0.05, 0) is 54.6 Å². The van der Waals surface area contributed by atoms with Crippen molar-refractivity contribution in [3.63, 3.8) is 0 Å². The number of aryl methyl sites for hydroxylation is 1. The van der Waals surface area contributed by atoms with Crippen molar-refractivity contribution in [2.75, 3.05) is 0 Å². The third-order valence-corrected chi connectivity index (χ3v) is 7.30. The SMILES string of the molecule is Cc1ccc(CN2C(=O)c3cc4ccsc4n3CC2(C)C(=O)NCc2ccc(F)cc2)cc1. The molecule has 168 valence electrons. The Labute approximate surface area is 195 Å². The molecule has 0 aliphatic carbocycles. The van der Waals surface area contributed by atoms with Gasteiger partial charge < -0.3 is 14.8 Å². The highest BCUT2D eigenvalue weighted by Gasteiger charge is 2.47. The Hall–Kier alpha value is -3.45. The molecule has 0 fully saturated rings. The molecule has 0 saturated carbocycles. The number of thiophene rings is 1. The number of nitrogens with one attached hydrogen (secondary N) is 1. The highest BCUT2D eigenvalue weighted by Crippen LogP contribution is 2.35. The molecule has 0 radical (unpaired) electrons. The molecule has 4 aromatic rings. The maximum Gasteiger partial charge on any atom is 0.271 e. The highest BCUT2D eigenvalue weighted by molar-refractivity contribution is 7.16. The van der Waals surface area contributed by atoms with Crippen molar-refractivity contribution in [3.8, 4) is 0 Å². The van der Waals surface area contributed by atoms with Gasteiger partial charge in [-0.3, -0.25) is 9.59 Å². The maximum absolute atomic E-state index is 13.7. The predicted octanol–water partition coefficient (Wildman–Crippen LogP) is 4.88. The number of carbonyl (C=O) groups is 2. The lowest BCUT2D eigenvalue weighted by atomic mass is 9.93. The first-order chi connectivity index (χ1) is 15.8. The van der Waals surface area contributed by atoms with Crippen LogP contribution in [0.1, 0.15) is 34.1 Å². The number of rotatable bonds is 5. The first-order valence-electron chi connectivity index (χ1n) is 10.8. The van der Waals surface area contributed by atoms with E-state index in [4.69, 9.17) is 0 Å². The molecule has 1 aliphatic heterocycles. The van der Waals surface area contributed by atoms with Crippen LogP contribution in [-0.2, 0) is 24.4 Å². The third kappa shape index (κ3) is 3.82. The lowest BCUT2D eigenvalue weighted by Crippen LogP contribution is -2.63. The number of nitrogens with zero attached hydrogens (tertiary/aromatic N) is 2. The van der Waals surface area contributed by atoms with Crippen molar-refractivity contribution in [3.05, 3.63) is 94.2 Å². The van der Waals surface area contributed by atoms with E-state index in [9.17, 15) is 14.0 Å². The molecule has 1 unspecified atom stereocenters. The molecule has 1 atom stereocenters. The number of aromatic nitrogens is 1. The molecule has 0 spiro atoms. The number of halogens is 1. The van der Waals surface area contributed by atoms with E-state index in [-0.39, 0.29) is 24.2 Å². The topological polar surface area (TPSA) is 54.3 Å². The van der Waals surface area contributed by atoms with Crippen molar-refractivity contribution < 1.29 is 14.0 Å². The van der Waals surface area contributed by atoms with Gasteiger partial charge in [0.15, 0.2) is 0 Å². The number of hydrogen-bond donors (Lipinski definition) is 1. The minimum Gasteiger partial charge on any atom is -0.350 e. The molecule has 1 aliphatic rings. The van der Waals surface area contributed by atoms with E-state index in [1.807, 2.05) is 60.2 Å². The molecule has 3 heterocycles. The van der Waals surface area contributed by atoms with E-state index in [1.165, 1.54) is 12.1 Å². The minimum atomic E-state index is -1.09. The molecule has 0 bridgehead atoms. The molecule has 2 amide bonds. The Morgan fingerprint density at radius 3 is 2.52 bits per heavy atom. The Morgan fingerprint density at radius 1 is 1.09 bits per heavy atom. The van der Waals surface area contributed by atoms with Crippen LogP contribution < -0.4 is 5.32 Å². The average Bonchev–Trinajstić information content (AvgIpc) is 3.40. The molecular formula is C26H24FN3O2S. The van der Waals surface area contributed by atoms with Gasteiger partial charge in [0.05, 0.1) is 6.54 Å². The summed E-state index contributed by atoms with van der Waals surface area (Å²) in [5.74, 6) is -0.722. The van der Waals surface area contributed by atoms with Crippen molar-refractivity contribution in [1.29, 1.82) is 0 Å². The average molecular weight is 462 g/mol. The van der Waals surface area contributed by atoms with Gasteiger partial charge in [-0.2, -0.15) is 0 Å². The van der Waals surface area contributed by atoms with Gasteiger partial charge in [0.1, 0.15) is 21.9 Å². The van der Waals surface area contributed by atoms with Crippen LogP contribution in [0, 0.1) is 12.7 Å². The summed E-state index contributed by atoms with van der Waals surface area (Å²) in [5, 5.41) is 5.98. The smallest absolute Gasteiger partial charge is 0.271 e. The summed E-state index contributed by atoms with van der Waals surface area (Å²) >= 11 is 1.57. The first kappa shape index (κ1) is 21.4. The highest BCUT2D eigenvalue weighted by atomic mass is 32.1. The summed E-state index contributed by atoms with van der Waals surface area (Å²) in [4.78, 5) is 29.9. The number of fused-ring (bicyclic) bond motifs is 3. The molecule has 7 heteroatoms. The standard InChI is InChI=1S/C26H24FN3O2S/c1-17-3-5-19(6-4-17)15-30-23(31)22-13-20-11-12-33-24(20)29(22)16-26(30,2)25(32)28-14-18-7-9-21(27)10-8-18/h3-13H,14-16H2,1-2H3,(H,28,32). The van der Waals surface area contributed by atoms with Gasteiger partial charge >= 0.3 is 0 Å². The van der Waals surface area contributed by atoms with Crippen LogP contribution >= 0.6 is 11.3 Å². The summed E-state index contributed by atoms with van der Waals surface area (Å²) < 4.78 is 15.2. The zero-order chi connectivity index (χ0) is 23.2. The minimum absolute atomic E-state index is 0.162. The first-order valence-corrected chi connectivity index (χ1v) is 11.7. The molecule has 1 N–H and O–H groups in total. The van der Waals surface area contributed by atoms with Gasteiger partial charge in [-0.1, -0.05) is 42.0 Å². The van der Waals surface area contributed by atoms with Gasteiger partial charge in [0, 0.05) is 18.5 Å². The zero-order valence-electron chi connectivity index (χ0n) is 18.5. The summed E-state index contributed by atoms with van der Waals surface area (Å²) in [6.07, 6.45) is 0. The Bertz CT molecular complexity index is 1340. The Kier molecular flexibility index (Phi) is 5.29. The van der Waals surface area contributed by atoms with Crippen LogP contribution in [0.4, 0.5) is 4.39 Å². The van der Waals surface area contributed by atoms with Crippen LogP contribution in [0.25, 0.3) is 10.2 Å². The normalized spacial score (nSPS) is 17.9. The lowest BCUT2D eigenvalue weighted by Gasteiger charge is -2.44. The van der Waals surface area contributed by atoms with E-state index in [1.54, 1.807) is 28.4 Å². The third-order valence-electron chi connectivity index (χ3n) is 6.35. The molecule has 2 aromatic carbocycles. The van der Waals surface area contributed by atoms with Crippen LogP contribution in [0.3, 0.4) is 0 Å². The van der Waals surface area contributed by atoms with E-state index in [0.29, 0.717) is 18.8 Å². The van der Waals surface area contributed by atoms with E-state index < -0.39 is 5.54 Å². The van der Waals surface area contributed by atoms with Crippen molar-refractivity contribution in [1.82, 2.24) is 14.8 Å². The second-order valence-corrected chi connectivity index (χ2v) is 9.65. The van der Waals surface area contributed by atoms with Gasteiger partial charge in [-0.15, -0.1) is 11.3 Å². The van der Waals surface area contributed by atoms with Crippen LogP contribution in [0.2, 0.25) is 0 Å². The summed E-state index contributed by atoms with van der Waals surface area (Å²) in [7, 11) is 0. The van der Waals surface area contributed by atoms with Gasteiger partial charge in [0.25, 0.3) is 5.91 Å². The molecule has 2 aromatic heterocycles. The van der Waals surface area contributed by atoms with Crippen LogP contribution in [-0.4, -0.2) is 26.8 Å². The fourth-order valence-corrected chi connectivity index (χ4v) is 5.25. The molecule has 5 nitrogen and oxygen atoms in total. The van der Waals surface area contributed by atoms with Crippen molar-refractivity contribution in [2.24, 2.45) is 0 Å². The number of amides is 2. The number of benzene rings is 2. The Morgan fingerprint density at radius 2 is 1.79 bits per heavy atom. The number of carbonyl (C=O) groups excluding carboxylic acids is 2. The van der Waals surface area contributed by atoms with Crippen LogP contribution in [0.15, 0.2) is 66.0 Å².